The van der Waals surface area contributed by atoms with Crippen molar-refractivity contribution in [2.45, 2.75) is 25.8 Å². The number of anilines is 2. The minimum Gasteiger partial charge on any atom is -0.478 e. The van der Waals surface area contributed by atoms with Crippen LogP contribution in [-0.4, -0.2) is 17.1 Å². The first-order valence-corrected chi connectivity index (χ1v) is 5.58. The average Bonchev–Trinajstić information content (AvgIpc) is 3.05. The highest BCUT2D eigenvalue weighted by atomic mass is 19.1. The Labute approximate surface area is 98.6 Å². The largest absolute Gasteiger partial charge is 0.478 e. The number of benzene rings is 1. The van der Waals surface area contributed by atoms with Crippen molar-refractivity contribution in [1.29, 1.82) is 0 Å². The molecule has 1 aromatic carbocycles. The van der Waals surface area contributed by atoms with Gasteiger partial charge in [-0.3, -0.25) is 0 Å². The molecule has 0 aliphatic heterocycles. The van der Waals surface area contributed by atoms with E-state index in [0.717, 1.165) is 12.1 Å². The molecule has 0 heterocycles. The zero-order chi connectivity index (χ0) is 12.6. The maximum Gasteiger partial charge on any atom is 0.338 e. The first-order valence-electron chi connectivity index (χ1n) is 5.58. The van der Waals surface area contributed by atoms with E-state index in [0.29, 0.717) is 11.6 Å². The molecule has 4 nitrogen and oxygen atoms in total. The van der Waals surface area contributed by atoms with Crippen molar-refractivity contribution in [2.75, 3.05) is 11.1 Å². The summed E-state index contributed by atoms with van der Waals surface area (Å²) in [7, 11) is 0. The number of nitrogen functional groups attached to an aromatic ring is 1. The minimum atomic E-state index is -1.31. The molecule has 1 atom stereocenters. The van der Waals surface area contributed by atoms with E-state index in [1.54, 1.807) is 0 Å². The van der Waals surface area contributed by atoms with Crippen LogP contribution in [-0.2, 0) is 0 Å². The summed E-state index contributed by atoms with van der Waals surface area (Å²) in [6, 6.07) is 2.53. The lowest BCUT2D eigenvalue weighted by atomic mass is 10.1. The summed E-state index contributed by atoms with van der Waals surface area (Å²) < 4.78 is 13.5. The fourth-order valence-electron chi connectivity index (χ4n) is 1.84. The van der Waals surface area contributed by atoms with E-state index in [1.807, 2.05) is 6.92 Å². The number of carbonyl (C=O) groups is 1. The number of carboxylic acids is 1. The van der Waals surface area contributed by atoms with E-state index in [2.05, 4.69) is 5.32 Å². The van der Waals surface area contributed by atoms with Gasteiger partial charge in [0.05, 0.1) is 16.9 Å². The number of nitrogens with one attached hydrogen (secondary N) is 1. The van der Waals surface area contributed by atoms with E-state index in [1.165, 1.54) is 12.8 Å². The monoisotopic (exact) mass is 238 g/mol. The third kappa shape index (κ3) is 2.49. The van der Waals surface area contributed by atoms with Crippen molar-refractivity contribution >= 4 is 17.3 Å². The third-order valence-corrected chi connectivity index (χ3v) is 3.08. The summed E-state index contributed by atoms with van der Waals surface area (Å²) in [5.74, 6) is -1.47. The van der Waals surface area contributed by atoms with Crippen LogP contribution in [0.1, 0.15) is 30.1 Å². The van der Waals surface area contributed by atoms with Crippen LogP contribution < -0.4 is 11.1 Å². The molecule has 1 unspecified atom stereocenters. The second-order valence-corrected chi connectivity index (χ2v) is 4.49. The number of aromatic carboxylic acids is 1. The lowest BCUT2D eigenvalue weighted by Gasteiger charge is -2.16. The predicted molar refractivity (Wildman–Crippen MR) is 63.6 cm³/mol. The van der Waals surface area contributed by atoms with Gasteiger partial charge in [0.2, 0.25) is 0 Å². The highest BCUT2D eigenvalue weighted by Gasteiger charge is 2.28. The first-order chi connectivity index (χ1) is 7.99. The zero-order valence-corrected chi connectivity index (χ0v) is 9.53. The topological polar surface area (TPSA) is 75.3 Å². The Morgan fingerprint density at radius 2 is 2.24 bits per heavy atom. The molecular formula is C12H15FN2O2. The second kappa shape index (κ2) is 4.24. The maximum absolute atomic E-state index is 13.5. The number of nitrogens with two attached hydrogens (primary N) is 1. The Morgan fingerprint density at radius 1 is 1.59 bits per heavy atom. The van der Waals surface area contributed by atoms with Crippen molar-refractivity contribution in [2.24, 2.45) is 5.92 Å². The summed E-state index contributed by atoms with van der Waals surface area (Å²) >= 11 is 0. The normalized spacial score (nSPS) is 16.6. The lowest BCUT2D eigenvalue weighted by molar-refractivity contribution is 0.0692. The standard InChI is InChI=1S/C12H15FN2O2/c1-6(7-2-3-7)15-11-5-9(13)8(12(16)17)4-10(11)14/h4-7,15H,2-3,14H2,1H3,(H,16,17). The van der Waals surface area contributed by atoms with Crippen LogP contribution in [0, 0.1) is 11.7 Å². The molecule has 0 bridgehead atoms. The van der Waals surface area contributed by atoms with Crippen LogP contribution in [0.3, 0.4) is 0 Å². The average molecular weight is 238 g/mol. The molecular weight excluding hydrogens is 223 g/mol. The van der Waals surface area contributed by atoms with Gasteiger partial charge in [0.1, 0.15) is 5.82 Å². The van der Waals surface area contributed by atoms with Crippen molar-refractivity contribution in [3.8, 4) is 0 Å². The van der Waals surface area contributed by atoms with Crippen molar-refractivity contribution in [3.05, 3.63) is 23.5 Å². The van der Waals surface area contributed by atoms with Gasteiger partial charge in [0.25, 0.3) is 0 Å². The fourth-order valence-corrected chi connectivity index (χ4v) is 1.84. The molecule has 0 spiro atoms. The Bertz CT molecular complexity index is 458. The van der Waals surface area contributed by atoms with Gasteiger partial charge in [-0.15, -0.1) is 0 Å². The van der Waals surface area contributed by atoms with Crippen molar-refractivity contribution < 1.29 is 14.3 Å². The van der Waals surface area contributed by atoms with Gasteiger partial charge in [0, 0.05) is 6.04 Å². The number of carboxylic acid groups (broad SMARTS) is 1. The number of hydrogen-bond donors (Lipinski definition) is 3. The molecule has 1 aliphatic carbocycles. The summed E-state index contributed by atoms with van der Waals surface area (Å²) in [5, 5.41) is 11.9. The molecule has 4 N–H and O–H groups in total. The number of hydrogen-bond acceptors (Lipinski definition) is 3. The Balaban J connectivity index is 2.22. The second-order valence-electron chi connectivity index (χ2n) is 4.49. The Morgan fingerprint density at radius 3 is 2.76 bits per heavy atom. The van der Waals surface area contributed by atoms with E-state index in [-0.39, 0.29) is 11.7 Å². The molecule has 5 heteroatoms. The summed E-state index contributed by atoms with van der Waals surface area (Å²) in [5.41, 5.74) is 6.03. The molecule has 1 aliphatic rings. The van der Waals surface area contributed by atoms with Gasteiger partial charge in [-0.05, 0) is 37.8 Å². The first kappa shape index (κ1) is 11.7. The fraction of sp³-hybridized carbons (Fsp3) is 0.417. The van der Waals surface area contributed by atoms with Crippen LogP contribution >= 0.6 is 0 Å². The minimum absolute atomic E-state index is 0.229. The number of rotatable bonds is 4. The molecule has 0 amide bonds. The van der Waals surface area contributed by atoms with Crippen LogP contribution in [0.4, 0.5) is 15.8 Å². The third-order valence-electron chi connectivity index (χ3n) is 3.08. The van der Waals surface area contributed by atoms with E-state index < -0.39 is 17.3 Å². The van der Waals surface area contributed by atoms with Gasteiger partial charge in [0.15, 0.2) is 0 Å². The molecule has 0 aromatic heterocycles. The molecule has 0 radical (unpaired) electrons. The van der Waals surface area contributed by atoms with Crippen molar-refractivity contribution in [1.82, 2.24) is 0 Å². The zero-order valence-electron chi connectivity index (χ0n) is 9.53. The van der Waals surface area contributed by atoms with Crippen LogP contribution in [0.25, 0.3) is 0 Å². The maximum atomic E-state index is 13.5. The lowest BCUT2D eigenvalue weighted by Crippen LogP contribution is -2.18. The van der Waals surface area contributed by atoms with Crippen LogP contribution in [0.2, 0.25) is 0 Å². The molecule has 1 fully saturated rings. The van der Waals surface area contributed by atoms with Crippen LogP contribution in [0.5, 0.6) is 0 Å². The molecule has 17 heavy (non-hydrogen) atoms. The molecule has 1 aromatic rings. The molecule has 1 saturated carbocycles. The highest BCUT2D eigenvalue weighted by molar-refractivity contribution is 5.90. The van der Waals surface area contributed by atoms with E-state index in [4.69, 9.17) is 10.8 Å². The quantitative estimate of drug-likeness (QED) is 0.704. The summed E-state index contributed by atoms with van der Waals surface area (Å²) in [6.45, 7) is 2.01. The van der Waals surface area contributed by atoms with E-state index in [9.17, 15) is 9.18 Å². The van der Waals surface area contributed by atoms with Crippen LogP contribution in [0.15, 0.2) is 12.1 Å². The molecule has 2 rings (SSSR count). The Kier molecular flexibility index (Phi) is 2.92. The Hall–Kier alpha value is -1.78. The van der Waals surface area contributed by atoms with Gasteiger partial charge >= 0.3 is 5.97 Å². The molecule has 0 saturated heterocycles. The SMILES string of the molecule is CC(Nc1cc(F)c(C(=O)O)cc1N)C1CC1. The van der Waals surface area contributed by atoms with Crippen molar-refractivity contribution in [3.63, 3.8) is 0 Å². The number of halogens is 1. The summed E-state index contributed by atoms with van der Waals surface area (Å²) in [6.07, 6.45) is 2.34. The smallest absolute Gasteiger partial charge is 0.338 e. The van der Waals surface area contributed by atoms with E-state index >= 15 is 0 Å². The van der Waals surface area contributed by atoms with Gasteiger partial charge in [-0.2, -0.15) is 0 Å². The summed E-state index contributed by atoms with van der Waals surface area (Å²) in [4.78, 5) is 10.7. The van der Waals surface area contributed by atoms with Gasteiger partial charge < -0.3 is 16.2 Å². The molecule has 92 valence electrons. The predicted octanol–water partition coefficient (Wildman–Crippen LogP) is 2.32. The highest BCUT2D eigenvalue weighted by Crippen LogP contribution is 2.35. The van der Waals surface area contributed by atoms with Gasteiger partial charge in [-0.1, -0.05) is 0 Å². The van der Waals surface area contributed by atoms with Gasteiger partial charge in [-0.25, -0.2) is 9.18 Å².